The third-order valence-electron chi connectivity index (χ3n) is 3.37. The molecule has 0 saturated carbocycles. The number of ether oxygens (including phenoxy) is 3. The molecule has 0 aromatic carbocycles. The molecule has 0 aliphatic carbocycles. The topological polar surface area (TPSA) is 61.8 Å². The number of ketones is 1. The second-order valence-electron chi connectivity index (χ2n) is 7.58. The van der Waals surface area contributed by atoms with Crippen LogP contribution in [0.3, 0.4) is 0 Å². The molecular formula is C16H28O5. The minimum atomic E-state index is -0.532. The van der Waals surface area contributed by atoms with Gasteiger partial charge in [-0.3, -0.25) is 9.59 Å². The highest BCUT2D eigenvalue weighted by Crippen LogP contribution is 2.23. The maximum atomic E-state index is 11.9. The number of rotatable bonds is 5. The van der Waals surface area contributed by atoms with E-state index in [9.17, 15) is 9.59 Å². The van der Waals surface area contributed by atoms with Gasteiger partial charge in [-0.05, 0) is 20.8 Å². The van der Waals surface area contributed by atoms with Crippen LogP contribution in [0.25, 0.3) is 0 Å². The maximum Gasteiger partial charge on any atom is 0.311 e. The predicted molar refractivity (Wildman–Crippen MR) is 79.0 cm³/mol. The summed E-state index contributed by atoms with van der Waals surface area (Å²) in [6.45, 7) is 11.9. The van der Waals surface area contributed by atoms with Gasteiger partial charge in [-0.2, -0.15) is 0 Å². The van der Waals surface area contributed by atoms with Gasteiger partial charge in [-0.15, -0.1) is 0 Å². The molecule has 0 radical (unpaired) electrons. The Morgan fingerprint density at radius 2 is 1.71 bits per heavy atom. The Hall–Kier alpha value is -0.940. The molecule has 1 aliphatic heterocycles. The SMILES string of the molecule is CC(C)(C)C(=O)COC[C@H]1OCC[C@@H]1OC(=O)C(C)(C)C. The van der Waals surface area contributed by atoms with Crippen LogP contribution in [0.1, 0.15) is 48.0 Å². The maximum absolute atomic E-state index is 11.9. The highest BCUT2D eigenvalue weighted by molar-refractivity contribution is 5.84. The molecule has 1 aliphatic rings. The number of esters is 1. The van der Waals surface area contributed by atoms with E-state index in [1.54, 1.807) is 0 Å². The van der Waals surface area contributed by atoms with Crippen LogP contribution in [0, 0.1) is 10.8 Å². The van der Waals surface area contributed by atoms with Crippen molar-refractivity contribution in [2.45, 2.75) is 60.2 Å². The van der Waals surface area contributed by atoms with E-state index in [0.29, 0.717) is 13.0 Å². The molecule has 122 valence electrons. The Bertz CT molecular complexity index is 375. The molecule has 0 aromatic heterocycles. The molecular weight excluding hydrogens is 272 g/mol. The van der Waals surface area contributed by atoms with Gasteiger partial charge in [0, 0.05) is 11.8 Å². The Labute approximate surface area is 127 Å². The van der Waals surface area contributed by atoms with Crippen LogP contribution in [0.5, 0.6) is 0 Å². The summed E-state index contributed by atoms with van der Waals surface area (Å²) in [5, 5.41) is 0. The first-order valence-electron chi connectivity index (χ1n) is 7.45. The zero-order valence-corrected chi connectivity index (χ0v) is 14.0. The molecule has 5 nitrogen and oxygen atoms in total. The third kappa shape index (κ3) is 5.75. The summed E-state index contributed by atoms with van der Waals surface area (Å²) in [6, 6.07) is 0. The Balaban J connectivity index is 2.41. The lowest BCUT2D eigenvalue weighted by Gasteiger charge is -2.24. The van der Waals surface area contributed by atoms with Crippen LogP contribution < -0.4 is 0 Å². The van der Waals surface area contributed by atoms with Gasteiger partial charge in [0.25, 0.3) is 0 Å². The van der Waals surface area contributed by atoms with Crippen molar-refractivity contribution in [1.29, 1.82) is 0 Å². The fourth-order valence-corrected chi connectivity index (χ4v) is 1.72. The Kier molecular flexibility index (Phi) is 5.93. The summed E-state index contributed by atoms with van der Waals surface area (Å²) >= 11 is 0. The van der Waals surface area contributed by atoms with Crippen molar-refractivity contribution < 1.29 is 23.8 Å². The van der Waals surface area contributed by atoms with E-state index in [4.69, 9.17) is 14.2 Å². The largest absolute Gasteiger partial charge is 0.459 e. The van der Waals surface area contributed by atoms with E-state index in [2.05, 4.69) is 0 Å². The number of carbonyl (C=O) groups is 2. The van der Waals surface area contributed by atoms with Gasteiger partial charge in [0.05, 0.1) is 18.6 Å². The summed E-state index contributed by atoms with van der Waals surface area (Å²) in [6.07, 6.45) is 0.0915. The molecule has 21 heavy (non-hydrogen) atoms. The van der Waals surface area contributed by atoms with Crippen LogP contribution in [-0.4, -0.2) is 43.8 Å². The molecule has 1 rings (SSSR count). The normalized spacial score (nSPS) is 23.1. The number of carbonyl (C=O) groups excluding carboxylic acids is 2. The molecule has 1 heterocycles. The van der Waals surface area contributed by atoms with Gasteiger partial charge in [-0.25, -0.2) is 0 Å². The minimum Gasteiger partial charge on any atom is -0.459 e. The summed E-state index contributed by atoms with van der Waals surface area (Å²) in [7, 11) is 0. The van der Waals surface area contributed by atoms with Gasteiger partial charge in [-0.1, -0.05) is 20.8 Å². The first-order valence-corrected chi connectivity index (χ1v) is 7.45. The van der Waals surface area contributed by atoms with Crippen LogP contribution in [0.4, 0.5) is 0 Å². The number of hydrogen-bond acceptors (Lipinski definition) is 5. The zero-order valence-electron chi connectivity index (χ0n) is 14.0. The second-order valence-corrected chi connectivity index (χ2v) is 7.58. The predicted octanol–water partition coefficient (Wildman–Crippen LogP) is 2.37. The molecule has 2 atom stereocenters. The van der Waals surface area contributed by atoms with Gasteiger partial charge in [0.2, 0.25) is 0 Å². The van der Waals surface area contributed by atoms with Crippen LogP contribution in [0.15, 0.2) is 0 Å². The van der Waals surface area contributed by atoms with Crippen LogP contribution in [-0.2, 0) is 23.8 Å². The van der Waals surface area contributed by atoms with Gasteiger partial charge >= 0.3 is 5.97 Å². The number of Topliss-reactive ketones (excluding diaryl/α,β-unsaturated/α-hetero) is 1. The molecule has 0 aromatic rings. The highest BCUT2D eigenvalue weighted by atomic mass is 16.6. The molecule has 0 unspecified atom stereocenters. The molecule has 0 spiro atoms. The first-order chi connectivity index (χ1) is 9.51. The van der Waals surface area contributed by atoms with Crippen molar-refractivity contribution in [3.8, 4) is 0 Å². The summed E-state index contributed by atoms with van der Waals surface area (Å²) < 4.78 is 16.5. The smallest absolute Gasteiger partial charge is 0.311 e. The van der Waals surface area contributed by atoms with Crippen LogP contribution in [0.2, 0.25) is 0 Å². The number of hydrogen-bond donors (Lipinski definition) is 0. The fraction of sp³-hybridized carbons (Fsp3) is 0.875. The van der Waals surface area contributed by atoms with Crippen molar-refractivity contribution in [1.82, 2.24) is 0 Å². The molecule has 1 saturated heterocycles. The average molecular weight is 300 g/mol. The van der Waals surface area contributed by atoms with E-state index in [0.717, 1.165) is 0 Å². The Morgan fingerprint density at radius 3 is 2.24 bits per heavy atom. The quantitative estimate of drug-likeness (QED) is 0.729. The fourth-order valence-electron chi connectivity index (χ4n) is 1.72. The summed E-state index contributed by atoms with van der Waals surface area (Å²) in [5.41, 5.74) is -0.940. The van der Waals surface area contributed by atoms with Crippen molar-refractivity contribution in [3.05, 3.63) is 0 Å². The molecule has 1 fully saturated rings. The van der Waals surface area contributed by atoms with Crippen molar-refractivity contribution in [2.75, 3.05) is 19.8 Å². The molecule has 5 heteroatoms. The van der Waals surface area contributed by atoms with Crippen molar-refractivity contribution >= 4 is 11.8 Å². The monoisotopic (exact) mass is 300 g/mol. The van der Waals surface area contributed by atoms with E-state index < -0.39 is 10.8 Å². The molecule has 0 bridgehead atoms. The highest BCUT2D eigenvalue weighted by Gasteiger charge is 2.35. The zero-order chi connectivity index (χ0) is 16.3. The summed E-state index contributed by atoms with van der Waals surface area (Å²) in [5.74, 6) is -0.197. The van der Waals surface area contributed by atoms with E-state index >= 15 is 0 Å². The molecule has 0 amide bonds. The van der Waals surface area contributed by atoms with Crippen molar-refractivity contribution in [2.24, 2.45) is 10.8 Å². The average Bonchev–Trinajstić information content (AvgIpc) is 2.74. The van der Waals surface area contributed by atoms with Crippen molar-refractivity contribution in [3.63, 3.8) is 0 Å². The van der Waals surface area contributed by atoms with Gasteiger partial charge in [0.1, 0.15) is 18.8 Å². The summed E-state index contributed by atoms with van der Waals surface area (Å²) in [4.78, 5) is 23.7. The Morgan fingerprint density at radius 1 is 1.10 bits per heavy atom. The van der Waals surface area contributed by atoms with E-state index in [-0.39, 0.29) is 37.2 Å². The lowest BCUT2D eigenvalue weighted by atomic mass is 9.91. The molecule has 0 N–H and O–H groups in total. The van der Waals surface area contributed by atoms with Gasteiger partial charge in [0.15, 0.2) is 5.78 Å². The van der Waals surface area contributed by atoms with Crippen LogP contribution >= 0.6 is 0 Å². The van der Waals surface area contributed by atoms with Gasteiger partial charge < -0.3 is 14.2 Å². The van der Waals surface area contributed by atoms with E-state index in [1.165, 1.54) is 0 Å². The first kappa shape index (κ1) is 18.1. The minimum absolute atomic E-state index is 0.0451. The third-order valence-corrected chi connectivity index (χ3v) is 3.37. The van der Waals surface area contributed by atoms with E-state index in [1.807, 2.05) is 41.5 Å². The second kappa shape index (κ2) is 6.88. The standard InChI is InChI=1S/C16H28O5/c1-15(2,3)13(17)10-19-9-12-11(7-8-20-12)21-14(18)16(4,5)6/h11-12H,7-10H2,1-6H3/t11-,12+/m0/s1. The lowest BCUT2D eigenvalue weighted by Crippen LogP contribution is -2.36. The lowest BCUT2D eigenvalue weighted by molar-refractivity contribution is -0.163.